The largest absolute Gasteiger partial charge is 0.462 e. The Kier molecular flexibility index (Phi) is 6.80. The highest BCUT2D eigenvalue weighted by Gasteiger charge is 2.22. The smallest absolute Gasteiger partial charge is 0.262 e. The third-order valence-electron chi connectivity index (χ3n) is 5.72. The van der Waals surface area contributed by atoms with Gasteiger partial charge in [-0.15, -0.1) is 12.4 Å². The minimum Gasteiger partial charge on any atom is -0.462 e. The highest BCUT2D eigenvalue weighted by atomic mass is 35.5. The number of rotatable bonds is 5. The normalized spacial score (nSPS) is 13.8. The number of sulfonamides is 1. The van der Waals surface area contributed by atoms with Crippen molar-refractivity contribution in [2.24, 2.45) is 0 Å². The lowest BCUT2D eigenvalue weighted by molar-refractivity contribution is 0.579. The van der Waals surface area contributed by atoms with Gasteiger partial charge in [0.25, 0.3) is 10.0 Å². The number of nitrogens with zero attached hydrogens (tertiary/aromatic N) is 2. The number of halogens is 1. The standard InChI is InChI=1S/C25H22N4O3S.ClH/c26-17-18-4-3-5-19(14-18)22-6-1-2-7-24(22)33(30,31)28-21-15-20-8-13-32-25(20)23(16-21)29-11-9-27-10-12-29;/h1-8,13-16,27-28H,9-12H2;1H. The van der Waals surface area contributed by atoms with Gasteiger partial charge in [-0.3, -0.25) is 4.72 Å². The van der Waals surface area contributed by atoms with E-state index in [0.29, 0.717) is 22.4 Å². The second-order valence-electron chi connectivity index (χ2n) is 7.87. The Hall–Kier alpha value is -3.51. The van der Waals surface area contributed by atoms with Gasteiger partial charge >= 0.3 is 0 Å². The summed E-state index contributed by atoms with van der Waals surface area (Å²) >= 11 is 0. The van der Waals surface area contributed by atoms with Crippen LogP contribution in [0.25, 0.3) is 22.1 Å². The summed E-state index contributed by atoms with van der Waals surface area (Å²) in [6.07, 6.45) is 1.62. The van der Waals surface area contributed by atoms with Crippen molar-refractivity contribution in [1.82, 2.24) is 5.32 Å². The summed E-state index contributed by atoms with van der Waals surface area (Å²) in [5.41, 5.74) is 3.76. The molecule has 174 valence electrons. The number of furan rings is 1. The van der Waals surface area contributed by atoms with Gasteiger partial charge in [-0.05, 0) is 42.0 Å². The molecule has 9 heteroatoms. The molecule has 0 radical (unpaired) electrons. The average Bonchev–Trinajstić information content (AvgIpc) is 3.32. The Morgan fingerprint density at radius 2 is 1.79 bits per heavy atom. The predicted molar refractivity (Wildman–Crippen MR) is 136 cm³/mol. The van der Waals surface area contributed by atoms with Crippen LogP contribution >= 0.6 is 12.4 Å². The average molecular weight is 495 g/mol. The summed E-state index contributed by atoms with van der Waals surface area (Å²) in [7, 11) is -3.91. The van der Waals surface area contributed by atoms with Gasteiger partial charge in [0, 0.05) is 37.1 Å². The second kappa shape index (κ2) is 9.77. The molecule has 1 aliphatic heterocycles. The summed E-state index contributed by atoms with van der Waals surface area (Å²) in [6, 6.07) is 21.3. The topological polar surface area (TPSA) is 98.4 Å². The van der Waals surface area contributed by atoms with Gasteiger partial charge < -0.3 is 14.6 Å². The lowest BCUT2D eigenvalue weighted by Crippen LogP contribution is -2.43. The van der Waals surface area contributed by atoms with E-state index in [1.54, 1.807) is 60.9 Å². The summed E-state index contributed by atoms with van der Waals surface area (Å²) in [4.78, 5) is 2.35. The zero-order valence-corrected chi connectivity index (χ0v) is 19.8. The molecule has 2 N–H and O–H groups in total. The van der Waals surface area contributed by atoms with Gasteiger partial charge in [0.15, 0.2) is 5.58 Å². The Balaban J connectivity index is 0.00000274. The molecule has 0 spiro atoms. The van der Waals surface area contributed by atoms with E-state index in [0.717, 1.165) is 42.8 Å². The van der Waals surface area contributed by atoms with Crippen molar-refractivity contribution < 1.29 is 12.8 Å². The Bertz CT molecular complexity index is 1470. The summed E-state index contributed by atoms with van der Waals surface area (Å²) in [5, 5.41) is 13.4. The van der Waals surface area contributed by atoms with Crippen LogP contribution in [0.5, 0.6) is 0 Å². The molecule has 0 bridgehead atoms. The number of benzene rings is 3. The maximum atomic E-state index is 13.5. The first kappa shape index (κ1) is 23.6. The first-order valence-corrected chi connectivity index (χ1v) is 12.1. The molecule has 7 nitrogen and oxygen atoms in total. The fraction of sp³-hybridized carbons (Fsp3) is 0.160. The van der Waals surface area contributed by atoms with Crippen LogP contribution in [0.3, 0.4) is 0 Å². The van der Waals surface area contributed by atoms with E-state index in [-0.39, 0.29) is 17.3 Å². The predicted octanol–water partition coefficient (Wildman–Crippen LogP) is 4.60. The van der Waals surface area contributed by atoms with E-state index in [1.807, 2.05) is 12.1 Å². The van der Waals surface area contributed by atoms with E-state index >= 15 is 0 Å². The van der Waals surface area contributed by atoms with Gasteiger partial charge in [-0.1, -0.05) is 30.3 Å². The lowest BCUT2D eigenvalue weighted by Gasteiger charge is -2.29. The van der Waals surface area contributed by atoms with Crippen molar-refractivity contribution in [2.75, 3.05) is 35.8 Å². The number of hydrogen-bond donors (Lipinski definition) is 2. The molecule has 0 saturated carbocycles. The van der Waals surface area contributed by atoms with E-state index < -0.39 is 10.0 Å². The van der Waals surface area contributed by atoms with Crippen LogP contribution in [0.15, 0.2) is 82.3 Å². The van der Waals surface area contributed by atoms with Gasteiger partial charge in [-0.25, -0.2) is 8.42 Å². The first-order chi connectivity index (χ1) is 16.0. The monoisotopic (exact) mass is 494 g/mol. The third-order valence-corrected chi connectivity index (χ3v) is 7.16. The Morgan fingerprint density at radius 1 is 1.00 bits per heavy atom. The van der Waals surface area contributed by atoms with E-state index in [1.165, 1.54) is 0 Å². The van der Waals surface area contributed by atoms with Crippen LogP contribution in [0, 0.1) is 11.3 Å². The van der Waals surface area contributed by atoms with Crippen molar-refractivity contribution in [2.45, 2.75) is 4.90 Å². The zero-order valence-electron chi connectivity index (χ0n) is 18.2. The first-order valence-electron chi connectivity index (χ1n) is 10.6. The molecular weight excluding hydrogens is 472 g/mol. The van der Waals surface area contributed by atoms with E-state index in [9.17, 15) is 13.7 Å². The van der Waals surface area contributed by atoms with Crippen LogP contribution < -0.4 is 14.9 Å². The van der Waals surface area contributed by atoms with Crippen LogP contribution in [0.2, 0.25) is 0 Å². The number of nitrogens with one attached hydrogen (secondary N) is 2. The lowest BCUT2D eigenvalue weighted by atomic mass is 10.0. The van der Waals surface area contributed by atoms with Crippen molar-refractivity contribution in [3.63, 3.8) is 0 Å². The molecule has 4 aromatic rings. The van der Waals surface area contributed by atoms with Crippen LogP contribution in [-0.2, 0) is 10.0 Å². The van der Waals surface area contributed by atoms with Crippen molar-refractivity contribution in [3.8, 4) is 17.2 Å². The van der Waals surface area contributed by atoms with Crippen molar-refractivity contribution >= 4 is 44.8 Å². The molecule has 0 amide bonds. The van der Waals surface area contributed by atoms with Crippen molar-refractivity contribution in [3.05, 3.63) is 78.6 Å². The minimum absolute atomic E-state index is 0. The molecule has 1 saturated heterocycles. The molecule has 0 atom stereocenters. The SMILES string of the molecule is Cl.N#Cc1cccc(-c2ccccc2S(=O)(=O)Nc2cc(N3CCNCC3)c3occc3c2)c1. The van der Waals surface area contributed by atoms with Crippen molar-refractivity contribution in [1.29, 1.82) is 5.26 Å². The number of fused-ring (bicyclic) bond motifs is 1. The minimum atomic E-state index is -3.91. The van der Waals surface area contributed by atoms with Gasteiger partial charge in [0.2, 0.25) is 0 Å². The van der Waals surface area contributed by atoms with Gasteiger partial charge in [0.1, 0.15) is 0 Å². The van der Waals surface area contributed by atoms with E-state index in [4.69, 9.17) is 4.42 Å². The van der Waals surface area contributed by atoms with Gasteiger partial charge in [-0.2, -0.15) is 5.26 Å². The molecule has 2 heterocycles. The maximum absolute atomic E-state index is 13.5. The van der Waals surface area contributed by atoms with Gasteiger partial charge in [0.05, 0.1) is 34.2 Å². The van der Waals surface area contributed by atoms with Crippen LogP contribution in [0.1, 0.15) is 5.56 Å². The van der Waals surface area contributed by atoms with Crippen LogP contribution in [0.4, 0.5) is 11.4 Å². The fourth-order valence-electron chi connectivity index (χ4n) is 4.17. The Labute approximate surface area is 204 Å². The molecule has 0 unspecified atom stereocenters. The molecule has 0 aliphatic carbocycles. The molecule has 3 aromatic carbocycles. The quantitative estimate of drug-likeness (QED) is 0.420. The Morgan fingerprint density at radius 3 is 2.59 bits per heavy atom. The molecular formula is C25H23ClN4O3S. The highest BCUT2D eigenvalue weighted by molar-refractivity contribution is 7.92. The summed E-state index contributed by atoms with van der Waals surface area (Å²) in [6.45, 7) is 3.33. The zero-order chi connectivity index (χ0) is 22.8. The molecule has 1 fully saturated rings. The summed E-state index contributed by atoms with van der Waals surface area (Å²) in [5.74, 6) is 0. The second-order valence-corrected chi connectivity index (χ2v) is 9.52. The number of anilines is 2. The highest BCUT2D eigenvalue weighted by Crippen LogP contribution is 2.34. The molecule has 5 rings (SSSR count). The number of hydrogen-bond acceptors (Lipinski definition) is 6. The molecule has 1 aliphatic rings. The molecule has 1 aromatic heterocycles. The fourth-order valence-corrected chi connectivity index (χ4v) is 5.44. The van der Waals surface area contributed by atoms with E-state index in [2.05, 4.69) is 21.0 Å². The summed E-state index contributed by atoms with van der Waals surface area (Å²) < 4.78 is 35.4. The third kappa shape index (κ3) is 4.59. The maximum Gasteiger partial charge on any atom is 0.262 e. The van der Waals surface area contributed by atoms with Crippen LogP contribution in [-0.4, -0.2) is 34.6 Å². The number of piperazine rings is 1. The number of nitriles is 1. The molecule has 34 heavy (non-hydrogen) atoms.